The third-order valence-electron chi connectivity index (χ3n) is 7.28. The van der Waals surface area contributed by atoms with Crippen LogP contribution in [0.1, 0.15) is 16.7 Å². The van der Waals surface area contributed by atoms with Gasteiger partial charge >= 0.3 is 6.03 Å². The van der Waals surface area contributed by atoms with Gasteiger partial charge in [-0.25, -0.2) is 9.80 Å². The number of nitrogens with zero attached hydrogens (tertiary/aromatic N) is 4. The number of hydrazine groups is 1. The van der Waals surface area contributed by atoms with Gasteiger partial charge in [0.2, 0.25) is 11.8 Å². The third kappa shape index (κ3) is 6.14. The van der Waals surface area contributed by atoms with Crippen LogP contribution in [0.25, 0.3) is 0 Å². The summed E-state index contributed by atoms with van der Waals surface area (Å²) in [4.78, 5) is 44.5. The standard InChI is InChI=1S/C31H30ClN5O4/c1-2-16-35-21-29(39)36-27(17-22-12-14-25(38)15-13-22)30(40)34(19-24-10-6-7-11-26(24)32)20-28(36)37(35)31(41)33-18-23-8-4-3-5-9-23/h1,3-15,27-28,38H,16-21H2,(H,33,41)/t27-,28-/m0/s1. The highest BCUT2D eigenvalue weighted by Gasteiger charge is 2.51. The van der Waals surface area contributed by atoms with Crippen LogP contribution in [-0.4, -0.2) is 74.6 Å². The van der Waals surface area contributed by atoms with Crippen molar-refractivity contribution < 1.29 is 19.5 Å². The molecule has 41 heavy (non-hydrogen) atoms. The van der Waals surface area contributed by atoms with Gasteiger partial charge in [-0.15, -0.1) is 6.42 Å². The lowest BCUT2D eigenvalue weighted by Gasteiger charge is -2.55. The monoisotopic (exact) mass is 571 g/mol. The third-order valence-corrected chi connectivity index (χ3v) is 7.65. The van der Waals surface area contributed by atoms with Crippen molar-refractivity contribution in [2.45, 2.75) is 31.7 Å². The lowest BCUT2D eigenvalue weighted by molar-refractivity contribution is -0.189. The van der Waals surface area contributed by atoms with Crippen molar-refractivity contribution in [1.82, 2.24) is 25.1 Å². The minimum atomic E-state index is -0.884. The Kier molecular flexibility index (Phi) is 8.43. The Balaban J connectivity index is 1.50. The van der Waals surface area contributed by atoms with Crippen LogP contribution in [-0.2, 0) is 29.1 Å². The average Bonchev–Trinajstić information content (AvgIpc) is 2.97. The van der Waals surface area contributed by atoms with E-state index in [9.17, 15) is 19.5 Å². The number of amides is 4. The predicted molar refractivity (Wildman–Crippen MR) is 154 cm³/mol. The summed E-state index contributed by atoms with van der Waals surface area (Å²) in [7, 11) is 0. The summed E-state index contributed by atoms with van der Waals surface area (Å²) in [6.07, 6.45) is 5.04. The number of terminal acetylenes is 1. The number of benzene rings is 3. The zero-order chi connectivity index (χ0) is 28.9. The van der Waals surface area contributed by atoms with E-state index in [1.165, 1.54) is 22.0 Å². The molecule has 0 aliphatic carbocycles. The normalized spacial score (nSPS) is 19.1. The van der Waals surface area contributed by atoms with E-state index in [-0.39, 0.29) is 56.7 Å². The Morgan fingerprint density at radius 2 is 1.71 bits per heavy atom. The summed E-state index contributed by atoms with van der Waals surface area (Å²) < 4.78 is 0. The summed E-state index contributed by atoms with van der Waals surface area (Å²) >= 11 is 6.44. The van der Waals surface area contributed by atoms with Gasteiger partial charge in [0.15, 0.2) is 0 Å². The van der Waals surface area contributed by atoms with Gasteiger partial charge in [0.1, 0.15) is 18.0 Å². The smallest absolute Gasteiger partial charge is 0.334 e. The van der Waals surface area contributed by atoms with Crippen molar-refractivity contribution in [2.75, 3.05) is 19.6 Å². The van der Waals surface area contributed by atoms with Gasteiger partial charge in [-0.05, 0) is 34.9 Å². The number of rotatable bonds is 7. The maximum absolute atomic E-state index is 14.0. The van der Waals surface area contributed by atoms with E-state index in [1.54, 1.807) is 28.1 Å². The van der Waals surface area contributed by atoms with E-state index >= 15 is 0 Å². The van der Waals surface area contributed by atoms with Gasteiger partial charge in [0, 0.05) is 24.5 Å². The molecule has 0 saturated carbocycles. The first-order valence-electron chi connectivity index (χ1n) is 13.3. The molecule has 2 heterocycles. The Morgan fingerprint density at radius 1 is 1.00 bits per heavy atom. The first-order chi connectivity index (χ1) is 19.9. The van der Waals surface area contributed by atoms with E-state index in [2.05, 4.69) is 11.2 Å². The number of carbonyl (C=O) groups excluding carboxylic acids is 3. The van der Waals surface area contributed by atoms with Crippen molar-refractivity contribution in [2.24, 2.45) is 0 Å². The molecule has 2 N–H and O–H groups in total. The second kappa shape index (κ2) is 12.3. The molecular formula is C31H30ClN5O4. The van der Waals surface area contributed by atoms with Crippen molar-refractivity contribution in [3.63, 3.8) is 0 Å². The number of carbonyl (C=O) groups is 3. The Labute approximate surface area is 243 Å². The molecule has 2 aliphatic heterocycles. The molecule has 9 nitrogen and oxygen atoms in total. The number of hydrogen-bond acceptors (Lipinski definition) is 5. The molecule has 10 heteroatoms. The number of phenolic OH excluding ortho intramolecular Hbond substituents is 1. The number of piperazine rings is 1. The minimum absolute atomic E-state index is 0.0376. The van der Waals surface area contributed by atoms with E-state index in [0.29, 0.717) is 5.02 Å². The lowest BCUT2D eigenvalue weighted by Crippen LogP contribution is -2.76. The second-order valence-corrected chi connectivity index (χ2v) is 10.4. The molecule has 0 aromatic heterocycles. The zero-order valence-electron chi connectivity index (χ0n) is 22.3. The van der Waals surface area contributed by atoms with Crippen LogP contribution in [0.5, 0.6) is 5.75 Å². The van der Waals surface area contributed by atoms with Crippen LogP contribution in [0.3, 0.4) is 0 Å². The fourth-order valence-corrected chi connectivity index (χ4v) is 5.52. The van der Waals surface area contributed by atoms with Crippen molar-refractivity contribution >= 4 is 29.4 Å². The molecule has 5 rings (SSSR count). The summed E-state index contributed by atoms with van der Waals surface area (Å²) in [5.41, 5.74) is 2.43. The molecule has 2 fully saturated rings. The summed E-state index contributed by atoms with van der Waals surface area (Å²) in [5, 5.41) is 16.2. The van der Waals surface area contributed by atoms with E-state index in [0.717, 1.165) is 16.7 Å². The fraction of sp³-hybridized carbons (Fsp3) is 0.258. The molecule has 2 atom stereocenters. The molecule has 0 spiro atoms. The van der Waals surface area contributed by atoms with E-state index in [4.69, 9.17) is 18.0 Å². The molecular weight excluding hydrogens is 542 g/mol. The Bertz CT molecular complexity index is 1460. The molecule has 3 aromatic rings. The largest absolute Gasteiger partial charge is 0.508 e. The molecule has 0 radical (unpaired) electrons. The van der Waals surface area contributed by atoms with Crippen LogP contribution in [0.2, 0.25) is 5.02 Å². The van der Waals surface area contributed by atoms with Crippen molar-refractivity contribution in [3.05, 3.63) is 101 Å². The van der Waals surface area contributed by atoms with Crippen LogP contribution in [0.4, 0.5) is 4.79 Å². The maximum Gasteiger partial charge on any atom is 0.334 e. The number of aromatic hydroxyl groups is 1. The zero-order valence-corrected chi connectivity index (χ0v) is 23.1. The topological polar surface area (TPSA) is 96.4 Å². The van der Waals surface area contributed by atoms with Gasteiger partial charge in [0.25, 0.3) is 0 Å². The van der Waals surface area contributed by atoms with E-state index < -0.39 is 18.2 Å². The van der Waals surface area contributed by atoms with Crippen LogP contribution in [0.15, 0.2) is 78.9 Å². The average molecular weight is 572 g/mol. The van der Waals surface area contributed by atoms with Crippen molar-refractivity contribution in [3.8, 4) is 18.1 Å². The number of hydrogen-bond donors (Lipinski definition) is 2. The number of fused-ring (bicyclic) bond motifs is 1. The highest BCUT2D eigenvalue weighted by molar-refractivity contribution is 6.31. The highest BCUT2D eigenvalue weighted by atomic mass is 35.5. The fourth-order valence-electron chi connectivity index (χ4n) is 5.32. The maximum atomic E-state index is 14.0. The molecule has 0 unspecified atom stereocenters. The first-order valence-corrected chi connectivity index (χ1v) is 13.6. The SMILES string of the molecule is C#CCN1CC(=O)N2[C@@H](Cc3ccc(O)cc3)C(=O)N(Cc3ccccc3Cl)C[C@@H]2N1C(=O)NCc1ccccc1. The lowest BCUT2D eigenvalue weighted by atomic mass is 9.98. The molecule has 3 aromatic carbocycles. The molecule has 2 saturated heterocycles. The number of nitrogens with one attached hydrogen (secondary N) is 1. The van der Waals surface area contributed by atoms with Gasteiger partial charge in [-0.1, -0.05) is 78.2 Å². The molecule has 210 valence electrons. The Morgan fingerprint density at radius 3 is 2.41 bits per heavy atom. The van der Waals surface area contributed by atoms with Crippen LogP contribution >= 0.6 is 11.6 Å². The summed E-state index contributed by atoms with van der Waals surface area (Å²) in [5.74, 6) is 2.10. The predicted octanol–water partition coefficient (Wildman–Crippen LogP) is 3.23. The van der Waals surface area contributed by atoms with Crippen LogP contribution in [0, 0.1) is 12.3 Å². The number of urea groups is 1. The molecule has 4 amide bonds. The Hall–Kier alpha value is -4.52. The minimum Gasteiger partial charge on any atom is -0.508 e. The van der Waals surface area contributed by atoms with Gasteiger partial charge in [-0.2, -0.15) is 5.01 Å². The van der Waals surface area contributed by atoms with Gasteiger partial charge in [-0.3, -0.25) is 9.59 Å². The number of phenols is 1. The summed E-state index contributed by atoms with van der Waals surface area (Å²) in [6.45, 7) is 0.443. The number of halogens is 1. The second-order valence-electron chi connectivity index (χ2n) is 9.99. The van der Waals surface area contributed by atoms with Crippen molar-refractivity contribution in [1.29, 1.82) is 0 Å². The highest BCUT2D eigenvalue weighted by Crippen LogP contribution is 2.30. The van der Waals surface area contributed by atoms with Gasteiger partial charge in [0.05, 0.1) is 19.6 Å². The molecule has 0 bridgehead atoms. The van der Waals surface area contributed by atoms with Crippen LogP contribution < -0.4 is 5.32 Å². The summed E-state index contributed by atoms with van der Waals surface area (Å²) in [6, 6.07) is 22.0. The quantitative estimate of drug-likeness (QED) is 0.425. The first kappa shape index (κ1) is 28.0. The molecule has 2 aliphatic rings. The van der Waals surface area contributed by atoms with E-state index in [1.807, 2.05) is 48.5 Å². The van der Waals surface area contributed by atoms with Gasteiger partial charge < -0.3 is 20.2 Å².